The average Bonchev–Trinajstić information content (AvgIpc) is 3.26. The number of rotatable bonds is 8. The van der Waals surface area contributed by atoms with Crippen molar-refractivity contribution in [3.8, 4) is 0 Å². The van der Waals surface area contributed by atoms with Gasteiger partial charge in [0.15, 0.2) is 6.61 Å². The number of hydrogen-bond acceptors (Lipinski definition) is 6. The fraction of sp³-hybridized carbons (Fsp3) is 0.429. The van der Waals surface area contributed by atoms with Crippen LogP contribution in [0.2, 0.25) is 0 Å². The fourth-order valence-electron chi connectivity index (χ4n) is 3.43. The Labute approximate surface area is 176 Å². The van der Waals surface area contributed by atoms with Crippen molar-refractivity contribution in [2.75, 3.05) is 6.61 Å². The van der Waals surface area contributed by atoms with Crippen molar-refractivity contribution in [2.24, 2.45) is 5.92 Å². The van der Waals surface area contributed by atoms with E-state index in [0.29, 0.717) is 11.7 Å². The van der Waals surface area contributed by atoms with Gasteiger partial charge in [0.1, 0.15) is 5.76 Å². The van der Waals surface area contributed by atoms with E-state index in [-0.39, 0.29) is 35.6 Å². The third-order valence-corrected chi connectivity index (χ3v) is 6.63. The largest absolute Gasteiger partial charge is 0.468 e. The van der Waals surface area contributed by atoms with Crippen LogP contribution in [0.5, 0.6) is 0 Å². The molecule has 1 amide bonds. The number of amides is 1. The molecule has 0 aliphatic heterocycles. The van der Waals surface area contributed by atoms with Crippen LogP contribution in [0.4, 0.5) is 0 Å². The van der Waals surface area contributed by atoms with Gasteiger partial charge in [-0.25, -0.2) is 17.9 Å². The van der Waals surface area contributed by atoms with Crippen LogP contribution >= 0.6 is 0 Å². The molecule has 1 aromatic heterocycles. The maximum Gasteiger partial charge on any atom is 0.338 e. The highest BCUT2D eigenvalue weighted by molar-refractivity contribution is 7.89. The molecule has 0 saturated heterocycles. The van der Waals surface area contributed by atoms with Crippen molar-refractivity contribution < 1.29 is 27.2 Å². The molecular formula is C21H26N2O6S. The second kappa shape index (κ2) is 9.90. The monoisotopic (exact) mass is 434 g/mol. The van der Waals surface area contributed by atoms with Crippen LogP contribution in [-0.4, -0.2) is 32.9 Å². The van der Waals surface area contributed by atoms with Gasteiger partial charge < -0.3 is 14.5 Å². The summed E-state index contributed by atoms with van der Waals surface area (Å²) in [6, 6.07) is 8.77. The molecule has 0 unspecified atom stereocenters. The standard InChI is InChI=1S/C21H26N2O6S/c1-15-5-2-3-7-19(15)23-20(24)14-29-21(25)16-8-10-18(11-9-16)30(26,27)22-13-17-6-4-12-28-17/h4,6,8-12,15,19,22H,2-3,5,7,13-14H2,1H3,(H,23,24)/t15-,19+/m1/s1. The predicted octanol–water partition coefficient (Wildman–Crippen LogP) is 2.61. The van der Waals surface area contributed by atoms with Gasteiger partial charge in [-0.05, 0) is 55.2 Å². The fourth-order valence-corrected chi connectivity index (χ4v) is 4.42. The highest BCUT2D eigenvalue weighted by Gasteiger charge is 2.23. The van der Waals surface area contributed by atoms with E-state index >= 15 is 0 Å². The maximum atomic E-state index is 12.3. The summed E-state index contributed by atoms with van der Waals surface area (Å²) in [4.78, 5) is 24.2. The summed E-state index contributed by atoms with van der Waals surface area (Å²) in [5.41, 5.74) is 0.166. The van der Waals surface area contributed by atoms with E-state index in [4.69, 9.17) is 9.15 Å². The first-order valence-electron chi connectivity index (χ1n) is 9.94. The van der Waals surface area contributed by atoms with Crippen LogP contribution in [0.1, 0.15) is 48.7 Å². The van der Waals surface area contributed by atoms with Gasteiger partial charge in [-0.1, -0.05) is 19.8 Å². The van der Waals surface area contributed by atoms with Gasteiger partial charge in [0.25, 0.3) is 5.91 Å². The molecule has 2 N–H and O–H groups in total. The summed E-state index contributed by atoms with van der Waals surface area (Å²) < 4.78 is 37.2. The molecule has 0 radical (unpaired) electrons. The van der Waals surface area contributed by atoms with Crippen molar-refractivity contribution in [1.29, 1.82) is 0 Å². The van der Waals surface area contributed by atoms with E-state index in [2.05, 4.69) is 17.0 Å². The van der Waals surface area contributed by atoms with Gasteiger partial charge in [-0.2, -0.15) is 0 Å². The SMILES string of the molecule is C[C@@H]1CCCC[C@@H]1NC(=O)COC(=O)c1ccc(S(=O)(=O)NCc2ccco2)cc1. The summed E-state index contributed by atoms with van der Waals surface area (Å²) in [6.45, 7) is 1.76. The molecule has 2 aromatic rings. The van der Waals surface area contributed by atoms with Crippen molar-refractivity contribution in [3.63, 3.8) is 0 Å². The van der Waals surface area contributed by atoms with Gasteiger partial charge in [-0.15, -0.1) is 0 Å². The molecule has 1 fully saturated rings. The minimum absolute atomic E-state index is 0.00892. The molecule has 1 aromatic carbocycles. The summed E-state index contributed by atoms with van der Waals surface area (Å²) in [6.07, 6.45) is 5.73. The highest BCUT2D eigenvalue weighted by Crippen LogP contribution is 2.23. The van der Waals surface area contributed by atoms with E-state index in [9.17, 15) is 18.0 Å². The normalized spacial score (nSPS) is 19.2. The number of esters is 1. The molecule has 1 aliphatic carbocycles. The molecule has 0 bridgehead atoms. The van der Waals surface area contributed by atoms with Crippen molar-refractivity contribution >= 4 is 21.9 Å². The number of hydrogen-bond donors (Lipinski definition) is 2. The first-order chi connectivity index (χ1) is 14.3. The number of benzene rings is 1. The Balaban J connectivity index is 1.50. The Hall–Kier alpha value is -2.65. The molecule has 9 heteroatoms. The minimum atomic E-state index is -3.75. The van der Waals surface area contributed by atoms with Gasteiger partial charge in [0.05, 0.1) is 23.3 Å². The Morgan fingerprint density at radius 3 is 2.53 bits per heavy atom. The van der Waals surface area contributed by atoms with Gasteiger partial charge >= 0.3 is 5.97 Å². The average molecular weight is 435 g/mol. The second-order valence-corrected chi connectivity index (χ2v) is 9.21. The Kier molecular flexibility index (Phi) is 7.28. The molecule has 2 atom stereocenters. The zero-order valence-electron chi connectivity index (χ0n) is 16.8. The molecule has 1 heterocycles. The van der Waals surface area contributed by atoms with E-state index in [1.54, 1.807) is 12.1 Å². The molecule has 3 rings (SSSR count). The number of ether oxygens (including phenoxy) is 1. The first-order valence-corrected chi connectivity index (χ1v) is 11.4. The smallest absolute Gasteiger partial charge is 0.338 e. The number of sulfonamides is 1. The van der Waals surface area contributed by atoms with E-state index in [0.717, 1.165) is 19.3 Å². The van der Waals surface area contributed by atoms with E-state index < -0.39 is 16.0 Å². The zero-order valence-corrected chi connectivity index (χ0v) is 17.6. The zero-order chi connectivity index (χ0) is 21.6. The van der Waals surface area contributed by atoms with Crippen LogP contribution in [0, 0.1) is 5.92 Å². The minimum Gasteiger partial charge on any atom is -0.468 e. The van der Waals surface area contributed by atoms with Crippen molar-refractivity contribution in [1.82, 2.24) is 10.0 Å². The van der Waals surface area contributed by atoms with Crippen molar-refractivity contribution in [3.05, 3.63) is 54.0 Å². The Bertz CT molecular complexity index is 954. The number of carbonyl (C=O) groups is 2. The predicted molar refractivity (Wildman–Crippen MR) is 109 cm³/mol. The van der Waals surface area contributed by atoms with E-state index in [1.165, 1.54) is 36.9 Å². The molecular weight excluding hydrogens is 408 g/mol. The maximum absolute atomic E-state index is 12.3. The van der Waals surface area contributed by atoms with Crippen LogP contribution in [0.15, 0.2) is 52.0 Å². The number of furan rings is 1. The van der Waals surface area contributed by atoms with Crippen molar-refractivity contribution in [2.45, 2.75) is 50.1 Å². The van der Waals surface area contributed by atoms with Gasteiger partial charge in [0.2, 0.25) is 10.0 Å². The molecule has 162 valence electrons. The number of nitrogens with one attached hydrogen (secondary N) is 2. The van der Waals surface area contributed by atoms with Gasteiger partial charge in [0, 0.05) is 6.04 Å². The molecule has 1 saturated carbocycles. The lowest BCUT2D eigenvalue weighted by Gasteiger charge is -2.29. The second-order valence-electron chi connectivity index (χ2n) is 7.44. The third kappa shape index (κ3) is 5.93. The van der Waals surface area contributed by atoms with E-state index in [1.807, 2.05) is 0 Å². The summed E-state index contributed by atoms with van der Waals surface area (Å²) in [5, 5.41) is 2.92. The quantitative estimate of drug-likeness (QED) is 0.617. The topological polar surface area (TPSA) is 115 Å². The molecule has 0 spiro atoms. The van der Waals surface area contributed by atoms with Crippen LogP contribution in [0.3, 0.4) is 0 Å². The van der Waals surface area contributed by atoms with Crippen LogP contribution in [-0.2, 0) is 26.1 Å². The molecule has 30 heavy (non-hydrogen) atoms. The summed E-state index contributed by atoms with van der Waals surface area (Å²) in [7, 11) is -3.75. The lowest BCUT2D eigenvalue weighted by Crippen LogP contribution is -2.42. The Morgan fingerprint density at radius 2 is 1.87 bits per heavy atom. The highest BCUT2D eigenvalue weighted by atomic mass is 32.2. The van der Waals surface area contributed by atoms with Crippen LogP contribution in [0.25, 0.3) is 0 Å². The molecule has 8 nitrogen and oxygen atoms in total. The summed E-state index contributed by atoms with van der Waals surface area (Å²) >= 11 is 0. The van der Waals surface area contributed by atoms with Crippen LogP contribution < -0.4 is 10.0 Å². The Morgan fingerprint density at radius 1 is 1.13 bits per heavy atom. The lowest BCUT2D eigenvalue weighted by molar-refractivity contribution is -0.125. The third-order valence-electron chi connectivity index (χ3n) is 5.21. The van der Waals surface area contributed by atoms with Gasteiger partial charge in [-0.3, -0.25) is 4.79 Å². The first kappa shape index (κ1) is 22.0. The lowest BCUT2D eigenvalue weighted by atomic mass is 9.86. The molecule has 1 aliphatic rings. The summed E-state index contributed by atoms with van der Waals surface area (Å²) in [5.74, 6) is -0.119. The number of carbonyl (C=O) groups excluding carboxylic acids is 2.